The standard InChI is InChI=1S/C33H36N6O7/c1-4-14-34-32(42)26-16-38-29(22(26)3)30(35-19-36-38)39(27-15-24(11-10-21(27)2)31(41)37-25-12-13-25)33(43)46-20-45-28(40)18-44-17-23-8-6-5-7-9-23/h5-11,15-16,19,25H,4,12-14,17-18,20H2,1-3H3,(H,34,42)(H,37,41). The summed E-state index contributed by atoms with van der Waals surface area (Å²) in [7, 11) is 0. The summed E-state index contributed by atoms with van der Waals surface area (Å²) >= 11 is 0. The molecule has 13 nitrogen and oxygen atoms in total. The van der Waals surface area contributed by atoms with Gasteiger partial charge in [0.15, 0.2) is 5.82 Å². The van der Waals surface area contributed by atoms with Gasteiger partial charge in [0.2, 0.25) is 6.79 Å². The van der Waals surface area contributed by atoms with E-state index in [0.29, 0.717) is 40.0 Å². The molecule has 1 fully saturated rings. The first-order chi connectivity index (χ1) is 22.3. The lowest BCUT2D eigenvalue weighted by Crippen LogP contribution is -2.31. The van der Waals surface area contributed by atoms with Gasteiger partial charge >= 0.3 is 12.1 Å². The van der Waals surface area contributed by atoms with Crippen molar-refractivity contribution in [3.05, 3.63) is 88.9 Å². The Morgan fingerprint density at radius 2 is 1.80 bits per heavy atom. The van der Waals surface area contributed by atoms with E-state index in [1.807, 2.05) is 37.3 Å². The van der Waals surface area contributed by atoms with E-state index in [1.54, 1.807) is 38.2 Å². The molecule has 46 heavy (non-hydrogen) atoms. The molecule has 240 valence electrons. The minimum Gasteiger partial charge on any atom is -0.426 e. The summed E-state index contributed by atoms with van der Waals surface area (Å²) in [6.45, 7) is 5.12. The zero-order valence-corrected chi connectivity index (χ0v) is 25.9. The van der Waals surface area contributed by atoms with E-state index >= 15 is 0 Å². The molecular formula is C33H36N6O7. The fraction of sp³-hybridized carbons (Fsp3) is 0.333. The van der Waals surface area contributed by atoms with E-state index in [1.165, 1.54) is 15.7 Å². The van der Waals surface area contributed by atoms with Crippen LogP contribution < -0.4 is 15.5 Å². The molecule has 2 N–H and O–H groups in total. The minimum absolute atomic E-state index is 0.104. The molecule has 3 amide bonds. The molecule has 1 aliphatic rings. The zero-order chi connectivity index (χ0) is 32.6. The van der Waals surface area contributed by atoms with Gasteiger partial charge in [-0.05, 0) is 61.9 Å². The van der Waals surface area contributed by atoms with Crippen molar-refractivity contribution in [1.82, 2.24) is 25.2 Å². The Morgan fingerprint density at radius 1 is 1.02 bits per heavy atom. The molecule has 2 aromatic heterocycles. The Kier molecular flexibility index (Phi) is 10.2. The third kappa shape index (κ3) is 7.67. The number of rotatable bonds is 13. The molecular weight excluding hydrogens is 592 g/mol. The number of esters is 1. The highest BCUT2D eigenvalue weighted by molar-refractivity contribution is 6.05. The van der Waals surface area contributed by atoms with E-state index in [-0.39, 0.29) is 36.9 Å². The van der Waals surface area contributed by atoms with Crippen molar-refractivity contribution in [2.45, 2.75) is 52.7 Å². The van der Waals surface area contributed by atoms with Crippen molar-refractivity contribution in [3.8, 4) is 0 Å². The molecule has 1 aliphatic carbocycles. The first kappa shape index (κ1) is 32.1. The lowest BCUT2D eigenvalue weighted by molar-refractivity contribution is -0.157. The first-order valence-electron chi connectivity index (χ1n) is 15.0. The van der Waals surface area contributed by atoms with Gasteiger partial charge in [0, 0.05) is 24.3 Å². The summed E-state index contributed by atoms with van der Waals surface area (Å²) in [6, 6.07) is 14.4. The second kappa shape index (κ2) is 14.7. The van der Waals surface area contributed by atoms with Gasteiger partial charge in [-0.3, -0.25) is 9.59 Å². The maximum Gasteiger partial charge on any atom is 0.423 e. The van der Waals surface area contributed by atoms with Crippen LogP contribution in [0.3, 0.4) is 0 Å². The van der Waals surface area contributed by atoms with E-state index in [4.69, 9.17) is 14.2 Å². The molecule has 13 heteroatoms. The number of hydrogen-bond donors (Lipinski definition) is 2. The summed E-state index contributed by atoms with van der Waals surface area (Å²) < 4.78 is 17.4. The van der Waals surface area contributed by atoms with Gasteiger partial charge in [-0.15, -0.1) is 0 Å². The van der Waals surface area contributed by atoms with Crippen LogP contribution in [0.25, 0.3) is 5.52 Å². The molecule has 0 radical (unpaired) electrons. The predicted octanol–water partition coefficient (Wildman–Crippen LogP) is 4.37. The number of aryl methyl sites for hydroxylation is 2. The van der Waals surface area contributed by atoms with Gasteiger partial charge in [-0.25, -0.2) is 24.0 Å². The van der Waals surface area contributed by atoms with Gasteiger partial charge in [0.1, 0.15) is 18.5 Å². The number of nitrogens with zero attached hydrogens (tertiary/aromatic N) is 4. The highest BCUT2D eigenvalue weighted by Crippen LogP contribution is 2.34. The Labute approximate surface area is 265 Å². The molecule has 0 spiro atoms. The molecule has 0 unspecified atom stereocenters. The third-order valence-corrected chi connectivity index (χ3v) is 7.34. The van der Waals surface area contributed by atoms with Crippen LogP contribution in [0.1, 0.15) is 63.6 Å². The highest BCUT2D eigenvalue weighted by atomic mass is 16.7. The summed E-state index contributed by atoms with van der Waals surface area (Å²) in [5.74, 6) is -1.18. The highest BCUT2D eigenvalue weighted by Gasteiger charge is 2.30. The van der Waals surface area contributed by atoms with E-state index in [9.17, 15) is 19.2 Å². The summed E-state index contributed by atoms with van der Waals surface area (Å²) in [5.41, 5.74) is 3.44. The normalized spacial score (nSPS) is 12.4. The predicted molar refractivity (Wildman–Crippen MR) is 168 cm³/mol. The topological polar surface area (TPSA) is 153 Å². The van der Waals surface area contributed by atoms with Crippen LogP contribution in [-0.4, -0.2) is 64.5 Å². The van der Waals surface area contributed by atoms with Crippen LogP contribution in [0.15, 0.2) is 61.1 Å². The van der Waals surface area contributed by atoms with Crippen molar-refractivity contribution < 1.29 is 33.4 Å². The molecule has 5 rings (SSSR count). The van der Waals surface area contributed by atoms with Crippen molar-refractivity contribution >= 4 is 40.9 Å². The Balaban J connectivity index is 1.41. The monoisotopic (exact) mass is 628 g/mol. The van der Waals surface area contributed by atoms with E-state index in [2.05, 4.69) is 20.7 Å². The lowest BCUT2D eigenvalue weighted by atomic mass is 10.1. The quantitative estimate of drug-likeness (QED) is 0.162. The van der Waals surface area contributed by atoms with E-state index < -0.39 is 18.9 Å². The van der Waals surface area contributed by atoms with Crippen LogP contribution in [0.4, 0.5) is 16.3 Å². The molecule has 2 heterocycles. The van der Waals surface area contributed by atoms with Gasteiger partial charge in [0.05, 0.1) is 17.9 Å². The number of ether oxygens (including phenoxy) is 3. The van der Waals surface area contributed by atoms with Crippen LogP contribution in [-0.2, 0) is 25.6 Å². The molecule has 1 saturated carbocycles. The van der Waals surface area contributed by atoms with Crippen LogP contribution in [0.5, 0.6) is 0 Å². The molecule has 0 saturated heterocycles. The number of nitrogens with one attached hydrogen (secondary N) is 2. The summed E-state index contributed by atoms with van der Waals surface area (Å²) in [5, 5.41) is 10.1. The van der Waals surface area contributed by atoms with Crippen molar-refractivity contribution in [2.75, 3.05) is 24.8 Å². The zero-order valence-electron chi connectivity index (χ0n) is 25.9. The maximum absolute atomic E-state index is 13.8. The largest absolute Gasteiger partial charge is 0.426 e. The average Bonchev–Trinajstić information content (AvgIpc) is 3.80. The first-order valence-corrected chi connectivity index (χ1v) is 15.0. The fourth-order valence-corrected chi connectivity index (χ4v) is 4.73. The Morgan fingerprint density at radius 3 is 2.54 bits per heavy atom. The Bertz CT molecular complexity index is 1740. The number of carbonyl (C=O) groups excluding carboxylic acids is 4. The minimum atomic E-state index is -0.931. The molecule has 0 aliphatic heterocycles. The van der Waals surface area contributed by atoms with Crippen molar-refractivity contribution in [3.63, 3.8) is 0 Å². The second-order valence-corrected chi connectivity index (χ2v) is 10.9. The number of amides is 3. The average molecular weight is 629 g/mol. The van der Waals surface area contributed by atoms with Crippen molar-refractivity contribution in [2.24, 2.45) is 0 Å². The number of anilines is 2. The second-order valence-electron chi connectivity index (χ2n) is 10.9. The number of benzene rings is 2. The maximum atomic E-state index is 13.8. The number of hydrogen-bond acceptors (Lipinski definition) is 9. The fourth-order valence-electron chi connectivity index (χ4n) is 4.73. The third-order valence-electron chi connectivity index (χ3n) is 7.34. The van der Waals surface area contributed by atoms with Gasteiger partial charge < -0.3 is 24.8 Å². The smallest absolute Gasteiger partial charge is 0.423 e. The number of fused-ring (bicyclic) bond motifs is 1. The van der Waals surface area contributed by atoms with E-state index in [0.717, 1.165) is 24.8 Å². The van der Waals surface area contributed by atoms with Crippen molar-refractivity contribution in [1.29, 1.82) is 0 Å². The van der Waals surface area contributed by atoms with Gasteiger partial charge in [-0.2, -0.15) is 5.10 Å². The summed E-state index contributed by atoms with van der Waals surface area (Å²) in [6.07, 6.45) is 4.47. The van der Waals surface area contributed by atoms with Crippen LogP contribution >= 0.6 is 0 Å². The Hall–Kier alpha value is -5.30. The lowest BCUT2D eigenvalue weighted by Gasteiger charge is -2.24. The molecule has 4 aromatic rings. The molecule has 0 atom stereocenters. The van der Waals surface area contributed by atoms with Crippen LogP contribution in [0, 0.1) is 13.8 Å². The van der Waals surface area contributed by atoms with Gasteiger partial charge in [-0.1, -0.05) is 43.3 Å². The SMILES string of the molecule is CCCNC(=O)c1cn2ncnc(N(C(=O)OCOC(=O)COCc3ccccc3)c3cc(C(=O)NC4CC4)ccc3C)c2c1C. The van der Waals surface area contributed by atoms with Crippen LogP contribution in [0.2, 0.25) is 0 Å². The number of aromatic nitrogens is 3. The summed E-state index contributed by atoms with van der Waals surface area (Å²) in [4.78, 5) is 57.6. The van der Waals surface area contributed by atoms with Gasteiger partial charge in [0.25, 0.3) is 11.8 Å². The molecule has 2 aromatic carbocycles. The molecule has 0 bridgehead atoms. The number of carbonyl (C=O) groups is 4.